The van der Waals surface area contributed by atoms with Crippen LogP contribution < -0.4 is 10.1 Å². The molecular formula is C17H27BrIN3O2. The van der Waals surface area contributed by atoms with Crippen LogP contribution in [0.25, 0.3) is 0 Å². The Balaban J connectivity index is 0.00000288. The molecule has 1 heterocycles. The Labute approximate surface area is 170 Å². The van der Waals surface area contributed by atoms with Crippen LogP contribution in [0, 0.1) is 5.92 Å². The van der Waals surface area contributed by atoms with Crippen LogP contribution in [-0.4, -0.2) is 57.4 Å². The molecule has 136 valence electrons. The normalized spacial score (nSPS) is 17.3. The zero-order valence-corrected chi connectivity index (χ0v) is 18.2. The van der Waals surface area contributed by atoms with Crippen molar-refractivity contribution in [1.29, 1.82) is 0 Å². The largest absolute Gasteiger partial charge is 0.492 e. The molecule has 5 nitrogen and oxygen atoms in total. The molecule has 2 rings (SSSR count). The zero-order chi connectivity index (χ0) is 16.5. The third kappa shape index (κ3) is 7.57. The number of aliphatic imine (C=N–C) groups is 1. The Morgan fingerprint density at radius 3 is 2.79 bits per heavy atom. The Bertz CT molecular complexity index is 493. The minimum Gasteiger partial charge on any atom is -0.492 e. The summed E-state index contributed by atoms with van der Waals surface area (Å²) in [6.45, 7) is 6.85. The fraction of sp³-hybridized carbons (Fsp3) is 0.588. The predicted octanol–water partition coefficient (Wildman–Crippen LogP) is 3.38. The van der Waals surface area contributed by atoms with E-state index >= 15 is 0 Å². The van der Waals surface area contributed by atoms with Crippen molar-refractivity contribution in [2.24, 2.45) is 10.9 Å². The van der Waals surface area contributed by atoms with Gasteiger partial charge in [0, 0.05) is 37.1 Å². The molecule has 0 saturated carbocycles. The lowest BCUT2D eigenvalue weighted by Gasteiger charge is -2.24. The maximum Gasteiger partial charge on any atom is 0.193 e. The molecule has 1 aromatic rings. The van der Waals surface area contributed by atoms with Gasteiger partial charge < -0.3 is 19.7 Å². The van der Waals surface area contributed by atoms with E-state index in [0.29, 0.717) is 19.1 Å². The first-order chi connectivity index (χ1) is 11.2. The van der Waals surface area contributed by atoms with Gasteiger partial charge in [-0.15, -0.1) is 24.0 Å². The SMILES string of the molecule is CCNC(=NCCOc1ccc(Br)cc1)N(C)CC1CCOC1.I. The van der Waals surface area contributed by atoms with Crippen molar-refractivity contribution in [2.45, 2.75) is 13.3 Å². The minimum absolute atomic E-state index is 0. The third-order valence-electron chi connectivity index (χ3n) is 3.69. The second-order valence-electron chi connectivity index (χ2n) is 5.65. The number of hydrogen-bond donors (Lipinski definition) is 1. The molecule has 1 aliphatic heterocycles. The van der Waals surface area contributed by atoms with Gasteiger partial charge in [0.25, 0.3) is 0 Å². The Morgan fingerprint density at radius 2 is 2.17 bits per heavy atom. The highest BCUT2D eigenvalue weighted by Crippen LogP contribution is 2.16. The number of nitrogens with zero attached hydrogens (tertiary/aromatic N) is 2. The van der Waals surface area contributed by atoms with Crippen molar-refractivity contribution < 1.29 is 9.47 Å². The summed E-state index contributed by atoms with van der Waals surface area (Å²) in [6, 6.07) is 7.84. The second kappa shape index (κ2) is 11.9. The summed E-state index contributed by atoms with van der Waals surface area (Å²) in [5.41, 5.74) is 0. The standard InChI is InChI=1S/C17H26BrN3O2.HI/c1-3-19-17(21(2)12-14-8-10-22-13-14)20-9-11-23-16-6-4-15(18)5-7-16;/h4-7,14H,3,8-13H2,1-2H3,(H,19,20);1H. The van der Waals surface area contributed by atoms with Gasteiger partial charge in [0.15, 0.2) is 5.96 Å². The van der Waals surface area contributed by atoms with Crippen molar-refractivity contribution in [3.63, 3.8) is 0 Å². The lowest BCUT2D eigenvalue weighted by molar-refractivity contribution is 0.181. The van der Waals surface area contributed by atoms with Crippen LogP contribution in [0.3, 0.4) is 0 Å². The molecular weight excluding hydrogens is 485 g/mol. The van der Waals surface area contributed by atoms with E-state index in [0.717, 1.165) is 48.9 Å². The number of benzene rings is 1. The highest BCUT2D eigenvalue weighted by atomic mass is 127. The van der Waals surface area contributed by atoms with Crippen molar-refractivity contribution in [1.82, 2.24) is 10.2 Å². The van der Waals surface area contributed by atoms with Crippen LogP contribution in [0.1, 0.15) is 13.3 Å². The van der Waals surface area contributed by atoms with E-state index in [2.05, 4.69) is 45.1 Å². The predicted molar refractivity (Wildman–Crippen MR) is 113 cm³/mol. The minimum atomic E-state index is 0. The summed E-state index contributed by atoms with van der Waals surface area (Å²) in [6.07, 6.45) is 1.14. The molecule has 1 unspecified atom stereocenters. The number of guanidine groups is 1. The summed E-state index contributed by atoms with van der Waals surface area (Å²) in [4.78, 5) is 6.83. The first kappa shape index (κ1) is 21.5. The van der Waals surface area contributed by atoms with Crippen LogP contribution in [0.5, 0.6) is 5.75 Å². The van der Waals surface area contributed by atoms with E-state index in [-0.39, 0.29) is 24.0 Å². The fourth-order valence-electron chi connectivity index (χ4n) is 2.52. The van der Waals surface area contributed by atoms with E-state index in [1.165, 1.54) is 0 Å². The summed E-state index contributed by atoms with van der Waals surface area (Å²) >= 11 is 3.42. The maximum atomic E-state index is 5.71. The van der Waals surface area contributed by atoms with Crippen LogP contribution in [0.15, 0.2) is 33.7 Å². The molecule has 24 heavy (non-hydrogen) atoms. The molecule has 1 saturated heterocycles. The average molecular weight is 512 g/mol. The van der Waals surface area contributed by atoms with Gasteiger partial charge in [0.05, 0.1) is 13.2 Å². The number of halogens is 2. The summed E-state index contributed by atoms with van der Waals surface area (Å²) in [5, 5.41) is 3.34. The summed E-state index contributed by atoms with van der Waals surface area (Å²) in [5.74, 6) is 2.39. The van der Waals surface area contributed by atoms with Crippen LogP contribution in [0.4, 0.5) is 0 Å². The van der Waals surface area contributed by atoms with E-state index in [4.69, 9.17) is 9.47 Å². The lowest BCUT2D eigenvalue weighted by atomic mass is 10.1. The van der Waals surface area contributed by atoms with E-state index in [9.17, 15) is 0 Å². The Hall–Kier alpha value is -0.540. The van der Waals surface area contributed by atoms with Gasteiger partial charge in [0.2, 0.25) is 0 Å². The molecule has 0 aliphatic carbocycles. The van der Waals surface area contributed by atoms with Gasteiger partial charge in [-0.05, 0) is 37.6 Å². The summed E-state index contributed by atoms with van der Waals surface area (Å²) in [7, 11) is 2.08. The highest BCUT2D eigenvalue weighted by Gasteiger charge is 2.18. The van der Waals surface area contributed by atoms with Crippen LogP contribution in [0.2, 0.25) is 0 Å². The van der Waals surface area contributed by atoms with Crippen molar-refractivity contribution in [3.05, 3.63) is 28.7 Å². The van der Waals surface area contributed by atoms with Gasteiger partial charge in [-0.1, -0.05) is 15.9 Å². The molecule has 0 amide bonds. The smallest absolute Gasteiger partial charge is 0.193 e. The van der Waals surface area contributed by atoms with Crippen molar-refractivity contribution in [2.75, 3.05) is 46.5 Å². The fourth-order valence-corrected chi connectivity index (χ4v) is 2.78. The van der Waals surface area contributed by atoms with Crippen molar-refractivity contribution >= 4 is 45.9 Å². The van der Waals surface area contributed by atoms with Gasteiger partial charge in [-0.3, -0.25) is 0 Å². The van der Waals surface area contributed by atoms with Crippen LogP contribution >= 0.6 is 39.9 Å². The summed E-state index contributed by atoms with van der Waals surface area (Å²) < 4.78 is 12.2. The molecule has 0 spiro atoms. The van der Waals surface area contributed by atoms with E-state index in [1.54, 1.807) is 0 Å². The Kier molecular flexibility index (Phi) is 10.7. The number of ether oxygens (including phenoxy) is 2. The zero-order valence-electron chi connectivity index (χ0n) is 14.3. The molecule has 1 N–H and O–H groups in total. The number of rotatable bonds is 7. The lowest BCUT2D eigenvalue weighted by Crippen LogP contribution is -2.41. The topological polar surface area (TPSA) is 46.1 Å². The molecule has 7 heteroatoms. The van der Waals surface area contributed by atoms with Gasteiger partial charge in [-0.2, -0.15) is 0 Å². The van der Waals surface area contributed by atoms with Gasteiger partial charge in [0.1, 0.15) is 12.4 Å². The number of hydrogen-bond acceptors (Lipinski definition) is 3. The third-order valence-corrected chi connectivity index (χ3v) is 4.22. The molecule has 0 aromatic heterocycles. The first-order valence-electron chi connectivity index (χ1n) is 8.14. The van der Waals surface area contributed by atoms with Gasteiger partial charge >= 0.3 is 0 Å². The highest BCUT2D eigenvalue weighted by molar-refractivity contribution is 14.0. The monoisotopic (exact) mass is 511 g/mol. The van der Waals surface area contributed by atoms with E-state index in [1.807, 2.05) is 24.3 Å². The molecule has 1 fully saturated rings. The quantitative estimate of drug-likeness (QED) is 0.264. The Morgan fingerprint density at radius 1 is 1.42 bits per heavy atom. The molecule has 1 aromatic carbocycles. The van der Waals surface area contributed by atoms with E-state index < -0.39 is 0 Å². The van der Waals surface area contributed by atoms with Crippen molar-refractivity contribution in [3.8, 4) is 5.75 Å². The van der Waals surface area contributed by atoms with Gasteiger partial charge in [-0.25, -0.2) is 4.99 Å². The number of nitrogens with one attached hydrogen (secondary N) is 1. The first-order valence-corrected chi connectivity index (χ1v) is 8.94. The van der Waals surface area contributed by atoms with Crippen LogP contribution in [-0.2, 0) is 4.74 Å². The molecule has 1 atom stereocenters. The molecule has 1 aliphatic rings. The maximum absolute atomic E-state index is 5.71. The molecule has 0 radical (unpaired) electrons. The second-order valence-corrected chi connectivity index (χ2v) is 6.56. The average Bonchev–Trinajstić information content (AvgIpc) is 3.05. The molecule has 0 bridgehead atoms.